The summed E-state index contributed by atoms with van der Waals surface area (Å²) in [5.74, 6) is -1.07. The fourth-order valence-corrected chi connectivity index (χ4v) is 5.09. The minimum atomic E-state index is -4.99. The second-order valence-corrected chi connectivity index (χ2v) is 9.84. The van der Waals surface area contributed by atoms with E-state index in [-0.39, 0.29) is 23.6 Å². The number of rotatable bonds is 8. The Bertz CT molecular complexity index is 1250. The predicted octanol–water partition coefficient (Wildman–Crippen LogP) is 4.23. The van der Waals surface area contributed by atoms with Crippen LogP contribution in [0.25, 0.3) is 0 Å². The van der Waals surface area contributed by atoms with Crippen molar-refractivity contribution in [2.45, 2.75) is 63.1 Å². The number of anilines is 1. The molecule has 2 N–H and O–H groups in total. The van der Waals surface area contributed by atoms with Gasteiger partial charge in [0.2, 0.25) is 0 Å². The zero-order valence-electron chi connectivity index (χ0n) is 20.0. The Morgan fingerprint density at radius 1 is 1.21 bits per heavy atom. The number of aromatic nitrogens is 2. The molecular formula is C24H24F6N4O4. The lowest BCUT2D eigenvalue weighted by Gasteiger charge is -2.35. The Balaban J connectivity index is 1.40. The van der Waals surface area contributed by atoms with E-state index < -0.39 is 43.1 Å². The molecule has 1 spiro atoms. The van der Waals surface area contributed by atoms with E-state index in [1.54, 1.807) is 6.07 Å². The van der Waals surface area contributed by atoms with Crippen LogP contribution in [0, 0.1) is 5.92 Å². The molecular weight excluding hydrogens is 522 g/mol. The molecule has 8 nitrogen and oxygen atoms in total. The molecule has 1 aromatic carbocycles. The summed E-state index contributed by atoms with van der Waals surface area (Å²) >= 11 is 0. The number of alkyl halides is 6. The number of benzene rings is 1. The highest BCUT2D eigenvalue weighted by Gasteiger charge is 2.47. The van der Waals surface area contributed by atoms with E-state index in [1.807, 2.05) is 0 Å². The van der Waals surface area contributed by atoms with Crippen molar-refractivity contribution in [3.05, 3.63) is 40.6 Å². The summed E-state index contributed by atoms with van der Waals surface area (Å²) in [5, 5.41) is 9.89. The van der Waals surface area contributed by atoms with Crippen molar-refractivity contribution in [1.82, 2.24) is 15.1 Å². The van der Waals surface area contributed by atoms with Crippen LogP contribution in [0.3, 0.4) is 0 Å². The van der Waals surface area contributed by atoms with Crippen LogP contribution in [-0.2, 0) is 34.5 Å². The maximum atomic E-state index is 13.3. The van der Waals surface area contributed by atoms with Crippen LogP contribution in [0.1, 0.15) is 52.9 Å². The minimum Gasteiger partial charge on any atom is -0.484 e. The number of halogens is 6. The standard InChI is InChI=1S/C24H24F6N4O4/c25-23(26,27)12-37-15-3-4-16-14(9-15)5-7-22(16)10-17-19(21(36)32-22)20(31-18(35)11-38-24(28,29)30)34(33-17)8-6-13-1-2-13/h3-4,9,13H,1-2,5-8,10-12H2,(H,31,35)(H,32,36)/t22-/m0/s1. The molecule has 2 heterocycles. The second kappa shape index (κ2) is 9.47. The van der Waals surface area contributed by atoms with E-state index in [2.05, 4.69) is 20.5 Å². The third-order valence-electron chi connectivity index (χ3n) is 6.96. The maximum Gasteiger partial charge on any atom is 0.523 e. The van der Waals surface area contributed by atoms with Crippen molar-refractivity contribution < 1.29 is 45.4 Å². The fraction of sp³-hybridized carbons (Fsp3) is 0.542. The van der Waals surface area contributed by atoms with Crippen molar-refractivity contribution in [3.63, 3.8) is 0 Å². The highest BCUT2D eigenvalue weighted by Crippen LogP contribution is 2.44. The van der Waals surface area contributed by atoms with E-state index in [9.17, 15) is 35.9 Å². The van der Waals surface area contributed by atoms with Gasteiger partial charge in [0.15, 0.2) is 6.61 Å². The molecule has 0 radical (unpaired) electrons. The molecule has 0 unspecified atom stereocenters. The van der Waals surface area contributed by atoms with Crippen LogP contribution >= 0.6 is 0 Å². The van der Waals surface area contributed by atoms with Gasteiger partial charge in [-0.15, -0.1) is 13.2 Å². The summed E-state index contributed by atoms with van der Waals surface area (Å²) in [6, 6.07) is 4.57. The van der Waals surface area contributed by atoms with Gasteiger partial charge in [0.25, 0.3) is 11.8 Å². The molecule has 3 aliphatic rings. The topological polar surface area (TPSA) is 94.5 Å². The van der Waals surface area contributed by atoms with Crippen LogP contribution < -0.4 is 15.4 Å². The number of nitrogens with one attached hydrogen (secondary N) is 2. The van der Waals surface area contributed by atoms with E-state index in [0.29, 0.717) is 31.0 Å². The molecule has 1 saturated carbocycles. The number of nitrogens with zero attached hydrogens (tertiary/aromatic N) is 2. The molecule has 1 aliphatic heterocycles. The van der Waals surface area contributed by atoms with Crippen LogP contribution in [0.15, 0.2) is 18.2 Å². The lowest BCUT2D eigenvalue weighted by molar-refractivity contribution is -0.320. The number of hydrogen-bond acceptors (Lipinski definition) is 5. The normalized spacial score (nSPS) is 20.7. The zero-order valence-corrected chi connectivity index (χ0v) is 20.0. The molecule has 38 heavy (non-hydrogen) atoms. The first-order valence-electron chi connectivity index (χ1n) is 12.1. The van der Waals surface area contributed by atoms with Crippen LogP contribution in [0.2, 0.25) is 0 Å². The first-order chi connectivity index (χ1) is 17.8. The Hall–Kier alpha value is -3.29. The Labute approximate surface area is 212 Å². The molecule has 5 rings (SSSR count). The van der Waals surface area contributed by atoms with Crippen molar-refractivity contribution in [1.29, 1.82) is 0 Å². The summed E-state index contributed by atoms with van der Waals surface area (Å²) in [6.45, 7) is -2.33. The molecule has 14 heteroatoms. The molecule has 206 valence electrons. The smallest absolute Gasteiger partial charge is 0.484 e. The van der Waals surface area contributed by atoms with Crippen molar-refractivity contribution in [2.75, 3.05) is 18.5 Å². The highest BCUT2D eigenvalue weighted by atomic mass is 19.4. The summed E-state index contributed by atoms with van der Waals surface area (Å²) in [6.07, 6.45) is -5.44. The summed E-state index contributed by atoms with van der Waals surface area (Å²) in [5.41, 5.74) is 1.05. The van der Waals surface area contributed by atoms with Gasteiger partial charge in [-0.2, -0.15) is 18.3 Å². The minimum absolute atomic E-state index is 0.0119. The first-order valence-corrected chi connectivity index (χ1v) is 12.1. The number of hydrogen-bond donors (Lipinski definition) is 2. The quantitative estimate of drug-likeness (QED) is 0.484. The number of aryl methyl sites for hydroxylation is 2. The van der Waals surface area contributed by atoms with Gasteiger partial charge in [0.1, 0.15) is 23.7 Å². The van der Waals surface area contributed by atoms with Crippen LogP contribution in [-0.4, -0.2) is 47.3 Å². The summed E-state index contributed by atoms with van der Waals surface area (Å²) in [7, 11) is 0. The van der Waals surface area contributed by atoms with E-state index in [4.69, 9.17) is 4.74 Å². The van der Waals surface area contributed by atoms with Gasteiger partial charge in [0, 0.05) is 13.0 Å². The van der Waals surface area contributed by atoms with Gasteiger partial charge in [-0.05, 0) is 48.4 Å². The SMILES string of the molecule is O=C(COC(F)(F)F)Nc1c2c(nn1CCC1CC1)C[C@]1(CCc3cc(OCC(F)(F)F)ccc31)NC2=O. The highest BCUT2D eigenvalue weighted by molar-refractivity contribution is 6.05. The second-order valence-electron chi connectivity index (χ2n) is 9.84. The van der Waals surface area contributed by atoms with E-state index >= 15 is 0 Å². The third-order valence-corrected chi connectivity index (χ3v) is 6.96. The molecule has 0 saturated heterocycles. The van der Waals surface area contributed by atoms with Gasteiger partial charge in [-0.25, -0.2) is 4.68 Å². The maximum absolute atomic E-state index is 13.3. The number of carbonyl (C=O) groups is 2. The lowest BCUT2D eigenvalue weighted by atomic mass is 9.82. The molecule has 2 aromatic rings. The van der Waals surface area contributed by atoms with Gasteiger partial charge >= 0.3 is 12.5 Å². The Morgan fingerprint density at radius 3 is 2.66 bits per heavy atom. The Kier molecular flexibility index (Phi) is 6.56. The first kappa shape index (κ1) is 26.3. The molecule has 1 atom stereocenters. The predicted molar refractivity (Wildman–Crippen MR) is 119 cm³/mol. The summed E-state index contributed by atoms with van der Waals surface area (Å²) < 4.78 is 84.7. The van der Waals surface area contributed by atoms with Gasteiger partial charge in [-0.1, -0.05) is 18.9 Å². The van der Waals surface area contributed by atoms with Crippen molar-refractivity contribution >= 4 is 17.6 Å². The average Bonchev–Trinajstić information content (AvgIpc) is 3.51. The molecule has 2 amide bonds. The van der Waals surface area contributed by atoms with Gasteiger partial charge < -0.3 is 15.4 Å². The molecule has 0 bridgehead atoms. The number of amides is 2. The Morgan fingerprint density at radius 2 is 1.97 bits per heavy atom. The van der Waals surface area contributed by atoms with Gasteiger partial charge in [-0.3, -0.25) is 14.3 Å². The molecule has 1 aromatic heterocycles. The molecule has 2 aliphatic carbocycles. The van der Waals surface area contributed by atoms with E-state index in [1.165, 1.54) is 16.8 Å². The van der Waals surface area contributed by atoms with Crippen molar-refractivity contribution in [3.8, 4) is 5.75 Å². The zero-order chi connectivity index (χ0) is 27.3. The number of fused-ring (bicyclic) bond motifs is 3. The lowest BCUT2D eigenvalue weighted by Crippen LogP contribution is -2.49. The van der Waals surface area contributed by atoms with Crippen LogP contribution in [0.5, 0.6) is 5.75 Å². The summed E-state index contributed by atoms with van der Waals surface area (Å²) in [4.78, 5) is 25.6. The largest absolute Gasteiger partial charge is 0.523 e. The third kappa shape index (κ3) is 5.74. The van der Waals surface area contributed by atoms with E-state index in [0.717, 1.165) is 30.4 Å². The van der Waals surface area contributed by atoms with Crippen molar-refractivity contribution in [2.24, 2.45) is 5.92 Å². The van der Waals surface area contributed by atoms with Gasteiger partial charge in [0.05, 0.1) is 11.2 Å². The number of carbonyl (C=O) groups excluding carboxylic acids is 2. The fourth-order valence-electron chi connectivity index (χ4n) is 5.09. The number of ether oxygens (including phenoxy) is 2. The molecule has 1 fully saturated rings. The average molecular weight is 546 g/mol. The monoisotopic (exact) mass is 546 g/mol. The van der Waals surface area contributed by atoms with Crippen LogP contribution in [0.4, 0.5) is 32.2 Å².